The minimum Gasteiger partial charge on any atom is -0.383 e. The van der Waals surface area contributed by atoms with Crippen molar-refractivity contribution in [2.45, 2.75) is 40.2 Å². The van der Waals surface area contributed by atoms with Crippen molar-refractivity contribution in [2.75, 3.05) is 38.3 Å². The number of aromatic nitrogens is 1. The van der Waals surface area contributed by atoms with Crippen LogP contribution in [0.2, 0.25) is 0 Å². The van der Waals surface area contributed by atoms with E-state index < -0.39 is 0 Å². The van der Waals surface area contributed by atoms with Crippen molar-refractivity contribution < 1.29 is 4.74 Å². The molecule has 21 heavy (non-hydrogen) atoms. The number of nitrogens with zero attached hydrogens (tertiary/aromatic N) is 2. The zero-order valence-corrected chi connectivity index (χ0v) is 14.6. The Balaban J connectivity index is 1.87. The quantitative estimate of drug-likeness (QED) is 0.785. The summed E-state index contributed by atoms with van der Waals surface area (Å²) >= 11 is 1.85. The van der Waals surface area contributed by atoms with Crippen LogP contribution in [0.5, 0.6) is 0 Å². The second-order valence-corrected chi connectivity index (χ2v) is 7.31. The Labute approximate surface area is 132 Å². The first-order valence-electron chi connectivity index (χ1n) is 8.02. The third kappa shape index (κ3) is 4.66. The van der Waals surface area contributed by atoms with Gasteiger partial charge in [-0.3, -0.25) is 0 Å². The minimum atomic E-state index is 0.757. The lowest BCUT2D eigenvalue weighted by molar-refractivity contribution is 0.199. The summed E-state index contributed by atoms with van der Waals surface area (Å²) < 4.78 is 5.06. The van der Waals surface area contributed by atoms with E-state index >= 15 is 0 Å². The molecule has 5 heteroatoms. The summed E-state index contributed by atoms with van der Waals surface area (Å²) in [6.07, 6.45) is 2.61. The molecule has 1 aromatic heterocycles. The number of nitrogens with one attached hydrogen (secondary N) is 1. The third-order valence-corrected chi connectivity index (χ3v) is 5.62. The van der Waals surface area contributed by atoms with Gasteiger partial charge in [-0.1, -0.05) is 13.8 Å². The number of piperidine rings is 1. The molecular formula is C16H29N3OS. The van der Waals surface area contributed by atoms with Crippen LogP contribution in [0.25, 0.3) is 0 Å². The van der Waals surface area contributed by atoms with E-state index in [0.717, 1.165) is 44.6 Å². The molecule has 1 aliphatic heterocycles. The summed E-state index contributed by atoms with van der Waals surface area (Å²) in [6.45, 7) is 11.7. The smallest absolute Gasteiger partial charge is 0.185 e. The molecule has 1 N–H and O–H groups in total. The molecule has 2 heterocycles. The van der Waals surface area contributed by atoms with Crippen LogP contribution in [0.3, 0.4) is 0 Å². The lowest BCUT2D eigenvalue weighted by atomic mass is 9.87. The molecule has 120 valence electrons. The summed E-state index contributed by atoms with van der Waals surface area (Å²) in [6, 6.07) is 0. The molecule has 0 radical (unpaired) electrons. The summed E-state index contributed by atoms with van der Waals surface area (Å²) in [5.41, 5.74) is 1.17. The maximum absolute atomic E-state index is 5.06. The lowest BCUT2D eigenvalue weighted by Crippen LogP contribution is -2.35. The Morgan fingerprint density at radius 3 is 2.71 bits per heavy atom. The highest BCUT2D eigenvalue weighted by Gasteiger charge is 2.23. The average Bonchev–Trinajstić information content (AvgIpc) is 2.85. The number of methoxy groups -OCH3 is 1. The lowest BCUT2D eigenvalue weighted by Gasteiger charge is -2.33. The van der Waals surface area contributed by atoms with Crippen molar-refractivity contribution in [3.63, 3.8) is 0 Å². The average molecular weight is 311 g/mol. The van der Waals surface area contributed by atoms with Crippen LogP contribution in [0.4, 0.5) is 5.13 Å². The van der Waals surface area contributed by atoms with Crippen molar-refractivity contribution in [1.29, 1.82) is 0 Å². The summed E-state index contributed by atoms with van der Waals surface area (Å²) in [5, 5.41) is 4.62. The molecule has 0 atom stereocenters. The van der Waals surface area contributed by atoms with Crippen LogP contribution in [0.1, 0.15) is 37.3 Å². The number of hydrogen-bond donors (Lipinski definition) is 1. The van der Waals surface area contributed by atoms with Crippen LogP contribution in [0.15, 0.2) is 0 Å². The van der Waals surface area contributed by atoms with E-state index in [9.17, 15) is 0 Å². The topological polar surface area (TPSA) is 37.4 Å². The first-order valence-corrected chi connectivity index (χ1v) is 8.84. The molecule has 0 spiro atoms. The van der Waals surface area contributed by atoms with Crippen LogP contribution >= 0.6 is 11.3 Å². The predicted molar refractivity (Wildman–Crippen MR) is 90.2 cm³/mol. The maximum Gasteiger partial charge on any atom is 0.185 e. The fourth-order valence-corrected chi connectivity index (χ4v) is 3.93. The Bertz CT molecular complexity index is 425. The van der Waals surface area contributed by atoms with Crippen molar-refractivity contribution in [1.82, 2.24) is 10.3 Å². The molecule has 0 unspecified atom stereocenters. The highest BCUT2D eigenvalue weighted by atomic mass is 32.1. The molecule has 0 bridgehead atoms. The Morgan fingerprint density at radius 2 is 2.10 bits per heavy atom. The van der Waals surface area contributed by atoms with Crippen LogP contribution in [0, 0.1) is 18.8 Å². The SMILES string of the molecule is COCCNCc1sc(N2CCC(C(C)C)CC2)nc1C. The van der Waals surface area contributed by atoms with E-state index in [1.165, 1.54) is 28.5 Å². The Morgan fingerprint density at radius 1 is 1.38 bits per heavy atom. The largest absolute Gasteiger partial charge is 0.383 e. The minimum absolute atomic E-state index is 0.757. The third-order valence-electron chi connectivity index (χ3n) is 4.40. The van der Waals surface area contributed by atoms with Gasteiger partial charge in [0.05, 0.1) is 12.3 Å². The summed E-state index contributed by atoms with van der Waals surface area (Å²) in [7, 11) is 1.73. The van der Waals surface area contributed by atoms with Gasteiger partial charge in [-0.25, -0.2) is 4.98 Å². The van der Waals surface area contributed by atoms with Crippen molar-refractivity contribution >= 4 is 16.5 Å². The van der Waals surface area contributed by atoms with Gasteiger partial charge in [0.15, 0.2) is 5.13 Å². The van der Waals surface area contributed by atoms with Crippen LogP contribution < -0.4 is 10.2 Å². The van der Waals surface area contributed by atoms with Gasteiger partial charge in [-0.2, -0.15) is 0 Å². The van der Waals surface area contributed by atoms with Crippen molar-refractivity contribution in [3.8, 4) is 0 Å². The highest BCUT2D eigenvalue weighted by Crippen LogP contribution is 2.31. The normalized spacial score (nSPS) is 16.9. The molecule has 0 aliphatic carbocycles. The Kier molecular flexibility index (Phi) is 6.45. The van der Waals surface area contributed by atoms with Crippen molar-refractivity contribution in [2.24, 2.45) is 11.8 Å². The van der Waals surface area contributed by atoms with Gasteiger partial charge in [0.25, 0.3) is 0 Å². The van der Waals surface area contributed by atoms with Gasteiger partial charge < -0.3 is 15.0 Å². The molecular weight excluding hydrogens is 282 g/mol. The molecule has 1 aliphatic rings. The van der Waals surface area contributed by atoms with E-state index in [-0.39, 0.29) is 0 Å². The zero-order chi connectivity index (χ0) is 15.2. The van der Waals surface area contributed by atoms with Crippen LogP contribution in [-0.2, 0) is 11.3 Å². The second kappa shape index (κ2) is 8.11. The fourth-order valence-electron chi connectivity index (χ4n) is 2.85. The molecule has 1 saturated heterocycles. The second-order valence-electron chi connectivity index (χ2n) is 6.24. The van der Waals surface area contributed by atoms with Gasteiger partial charge in [0.1, 0.15) is 0 Å². The summed E-state index contributed by atoms with van der Waals surface area (Å²) in [4.78, 5) is 8.60. The highest BCUT2D eigenvalue weighted by molar-refractivity contribution is 7.15. The van der Waals surface area contributed by atoms with Gasteiger partial charge in [-0.15, -0.1) is 11.3 Å². The van der Waals surface area contributed by atoms with E-state index in [1.807, 2.05) is 11.3 Å². The van der Waals surface area contributed by atoms with Gasteiger partial charge in [0, 0.05) is 38.2 Å². The number of aryl methyl sites for hydroxylation is 1. The van der Waals surface area contributed by atoms with Gasteiger partial charge >= 0.3 is 0 Å². The standard InChI is InChI=1S/C16H29N3OS/c1-12(2)14-5-8-19(9-6-14)16-18-13(3)15(21-16)11-17-7-10-20-4/h12,14,17H,5-11H2,1-4H3. The number of rotatable bonds is 7. The monoisotopic (exact) mass is 311 g/mol. The van der Waals surface area contributed by atoms with Gasteiger partial charge in [0.2, 0.25) is 0 Å². The predicted octanol–water partition coefficient (Wildman–Crippen LogP) is 3.06. The molecule has 4 nitrogen and oxygen atoms in total. The van der Waals surface area contributed by atoms with E-state index in [4.69, 9.17) is 9.72 Å². The molecule has 2 rings (SSSR count). The van der Waals surface area contributed by atoms with Crippen molar-refractivity contribution in [3.05, 3.63) is 10.6 Å². The number of thiazole rings is 1. The van der Waals surface area contributed by atoms with Gasteiger partial charge in [-0.05, 0) is 31.6 Å². The van der Waals surface area contributed by atoms with E-state index in [1.54, 1.807) is 7.11 Å². The number of hydrogen-bond acceptors (Lipinski definition) is 5. The molecule has 0 aromatic carbocycles. The fraction of sp³-hybridized carbons (Fsp3) is 0.812. The molecule has 1 fully saturated rings. The van der Waals surface area contributed by atoms with E-state index in [2.05, 4.69) is 31.0 Å². The van der Waals surface area contributed by atoms with E-state index in [0.29, 0.717) is 0 Å². The molecule has 1 aromatic rings. The molecule has 0 saturated carbocycles. The maximum atomic E-state index is 5.06. The summed E-state index contributed by atoms with van der Waals surface area (Å²) in [5.74, 6) is 1.70. The number of anilines is 1. The Hall–Kier alpha value is -0.650. The first-order chi connectivity index (χ1) is 10.1. The molecule has 0 amide bonds. The first kappa shape index (κ1) is 16.7. The number of ether oxygens (including phenoxy) is 1. The zero-order valence-electron chi connectivity index (χ0n) is 13.8. The van der Waals surface area contributed by atoms with Crippen LogP contribution in [-0.4, -0.2) is 38.3 Å².